The molecule has 2 saturated heterocycles. The van der Waals surface area contributed by atoms with Gasteiger partial charge in [-0.2, -0.15) is 0 Å². The molecule has 7 rings (SSSR count). The van der Waals surface area contributed by atoms with Crippen LogP contribution < -0.4 is 15.5 Å². The third-order valence-corrected chi connectivity index (χ3v) is 8.37. The summed E-state index contributed by atoms with van der Waals surface area (Å²) >= 11 is 0. The third-order valence-electron chi connectivity index (χ3n) is 8.37. The second-order valence-corrected chi connectivity index (χ2v) is 10.4. The predicted molar refractivity (Wildman–Crippen MR) is 148 cm³/mol. The Hall–Kier alpha value is -4.76. The van der Waals surface area contributed by atoms with Crippen LogP contribution in [0.1, 0.15) is 28.4 Å². The zero-order valence-electron chi connectivity index (χ0n) is 21.6. The Morgan fingerprint density at radius 2 is 1.70 bits per heavy atom. The summed E-state index contributed by atoms with van der Waals surface area (Å²) in [6.45, 7) is 1.96. The van der Waals surface area contributed by atoms with Gasteiger partial charge in [-0.3, -0.25) is 19.7 Å². The maximum Gasteiger partial charge on any atom is 0.338 e. The SMILES string of the molecule is CCOC(=O)c1ccc(N2C(=O)[C@H]3[C@@H](C2=O)[C@]2(N[C@@H]3Cc3c[nH]c4ccccc34)C(=O)Nc3ccccc32)cc1. The number of esters is 1. The van der Waals surface area contributed by atoms with E-state index in [1.165, 1.54) is 17.0 Å². The minimum atomic E-state index is -1.38. The normalized spacial score (nSPS) is 25.0. The van der Waals surface area contributed by atoms with Crippen LogP contribution in [-0.4, -0.2) is 41.3 Å². The summed E-state index contributed by atoms with van der Waals surface area (Å²) in [6, 6.07) is 20.9. The number of para-hydroxylation sites is 2. The molecule has 9 heteroatoms. The number of carbonyl (C=O) groups is 4. The van der Waals surface area contributed by atoms with Crippen molar-refractivity contribution < 1.29 is 23.9 Å². The molecule has 3 aliphatic rings. The van der Waals surface area contributed by atoms with Crippen LogP contribution in [-0.2, 0) is 31.1 Å². The molecule has 0 bridgehead atoms. The lowest BCUT2D eigenvalue weighted by Crippen LogP contribution is -2.53. The molecule has 0 unspecified atom stereocenters. The Morgan fingerprint density at radius 1 is 0.950 bits per heavy atom. The van der Waals surface area contributed by atoms with Crippen LogP contribution >= 0.6 is 0 Å². The van der Waals surface area contributed by atoms with E-state index in [2.05, 4.69) is 15.6 Å². The average molecular weight is 535 g/mol. The third kappa shape index (κ3) is 3.31. The lowest BCUT2D eigenvalue weighted by Gasteiger charge is -2.29. The molecule has 3 N–H and O–H groups in total. The number of benzene rings is 3. The molecule has 3 aromatic carbocycles. The highest BCUT2D eigenvalue weighted by atomic mass is 16.5. The van der Waals surface area contributed by atoms with E-state index in [-0.39, 0.29) is 18.4 Å². The number of anilines is 2. The number of ether oxygens (including phenoxy) is 1. The molecule has 1 spiro atoms. The number of hydrogen-bond acceptors (Lipinski definition) is 6. The summed E-state index contributed by atoms with van der Waals surface area (Å²) in [4.78, 5) is 58.6. The highest BCUT2D eigenvalue weighted by Crippen LogP contribution is 2.54. The first-order valence-corrected chi connectivity index (χ1v) is 13.3. The zero-order valence-corrected chi connectivity index (χ0v) is 21.6. The van der Waals surface area contributed by atoms with Gasteiger partial charge in [-0.15, -0.1) is 0 Å². The van der Waals surface area contributed by atoms with E-state index in [1.807, 2.05) is 48.7 Å². The van der Waals surface area contributed by atoms with E-state index in [0.717, 1.165) is 16.5 Å². The zero-order chi connectivity index (χ0) is 27.6. The Morgan fingerprint density at radius 3 is 2.50 bits per heavy atom. The molecule has 4 heterocycles. The number of aromatic nitrogens is 1. The van der Waals surface area contributed by atoms with Crippen LogP contribution in [0, 0.1) is 11.8 Å². The lowest BCUT2D eigenvalue weighted by atomic mass is 9.76. The van der Waals surface area contributed by atoms with Crippen LogP contribution in [0.25, 0.3) is 10.9 Å². The van der Waals surface area contributed by atoms with Gasteiger partial charge in [0.25, 0.3) is 0 Å². The van der Waals surface area contributed by atoms with Crippen LogP contribution in [0.4, 0.5) is 11.4 Å². The quantitative estimate of drug-likeness (QED) is 0.266. The van der Waals surface area contributed by atoms with Crippen molar-refractivity contribution >= 4 is 46.0 Å². The Labute approximate surface area is 229 Å². The topological polar surface area (TPSA) is 121 Å². The van der Waals surface area contributed by atoms with Gasteiger partial charge in [-0.05, 0) is 55.3 Å². The first-order chi connectivity index (χ1) is 19.4. The van der Waals surface area contributed by atoms with E-state index >= 15 is 0 Å². The van der Waals surface area contributed by atoms with E-state index in [4.69, 9.17) is 4.74 Å². The molecular formula is C31H26N4O5. The number of amides is 3. The van der Waals surface area contributed by atoms with E-state index in [1.54, 1.807) is 25.1 Å². The van der Waals surface area contributed by atoms with Gasteiger partial charge in [0.1, 0.15) is 5.54 Å². The fraction of sp³-hybridized carbons (Fsp3) is 0.226. The summed E-state index contributed by atoms with van der Waals surface area (Å²) < 4.78 is 5.06. The number of imide groups is 1. The first kappa shape index (κ1) is 24.3. The van der Waals surface area contributed by atoms with Crippen LogP contribution in [0.5, 0.6) is 0 Å². The van der Waals surface area contributed by atoms with Gasteiger partial charge in [0.2, 0.25) is 17.7 Å². The second-order valence-electron chi connectivity index (χ2n) is 10.4. The van der Waals surface area contributed by atoms with Gasteiger partial charge >= 0.3 is 5.97 Å². The fourth-order valence-electron chi connectivity index (χ4n) is 6.69. The largest absolute Gasteiger partial charge is 0.462 e. The Kier molecular flexibility index (Phi) is 5.40. The summed E-state index contributed by atoms with van der Waals surface area (Å²) in [7, 11) is 0. The van der Waals surface area contributed by atoms with Crippen LogP contribution in [0.2, 0.25) is 0 Å². The fourth-order valence-corrected chi connectivity index (χ4v) is 6.69. The number of H-pyrrole nitrogens is 1. The molecule has 0 aliphatic carbocycles. The van der Waals surface area contributed by atoms with Crippen LogP contribution in [0.15, 0.2) is 79.0 Å². The van der Waals surface area contributed by atoms with Crippen molar-refractivity contribution in [2.75, 3.05) is 16.8 Å². The molecule has 4 atom stereocenters. The van der Waals surface area contributed by atoms with Crippen molar-refractivity contribution in [1.82, 2.24) is 10.3 Å². The van der Waals surface area contributed by atoms with Crippen molar-refractivity contribution in [2.45, 2.75) is 24.9 Å². The molecule has 1 aromatic heterocycles. The van der Waals surface area contributed by atoms with Gasteiger partial charge in [0, 0.05) is 34.4 Å². The van der Waals surface area contributed by atoms with E-state index in [0.29, 0.717) is 28.9 Å². The average Bonchev–Trinajstić information content (AvgIpc) is 3.68. The standard InChI is InChI=1S/C31H26N4O5/c1-2-40-29(38)17-11-13-19(14-12-17)35-27(36)25-24(15-18-16-32-22-9-5-3-7-20(18)22)34-31(26(25)28(35)37)21-8-4-6-10-23(21)33-30(31)39/h3-14,16,24-26,32,34H,2,15H2,1H3,(H,33,39)/t24-,25-,26+,31+/m1/s1. The second kappa shape index (κ2) is 8.89. The molecule has 0 radical (unpaired) electrons. The summed E-state index contributed by atoms with van der Waals surface area (Å²) in [5.74, 6) is -3.35. The number of nitrogens with one attached hydrogen (secondary N) is 3. The molecule has 3 amide bonds. The molecule has 4 aromatic rings. The summed E-state index contributed by atoms with van der Waals surface area (Å²) in [6.07, 6.45) is 2.36. The summed E-state index contributed by atoms with van der Waals surface area (Å²) in [5, 5.41) is 7.45. The predicted octanol–water partition coefficient (Wildman–Crippen LogP) is 3.51. The molecular weight excluding hydrogens is 508 g/mol. The first-order valence-electron chi connectivity index (χ1n) is 13.3. The van der Waals surface area contributed by atoms with Crippen molar-refractivity contribution in [3.8, 4) is 0 Å². The number of rotatable bonds is 5. The van der Waals surface area contributed by atoms with Crippen LogP contribution in [0.3, 0.4) is 0 Å². The van der Waals surface area contributed by atoms with Crippen molar-refractivity contribution in [3.05, 3.63) is 95.7 Å². The highest BCUT2D eigenvalue weighted by molar-refractivity contribution is 6.26. The number of nitrogens with zero attached hydrogens (tertiary/aromatic N) is 1. The van der Waals surface area contributed by atoms with Gasteiger partial charge in [-0.1, -0.05) is 36.4 Å². The maximum absolute atomic E-state index is 14.2. The lowest BCUT2D eigenvalue weighted by molar-refractivity contribution is -0.130. The number of carbonyl (C=O) groups excluding carboxylic acids is 4. The van der Waals surface area contributed by atoms with Gasteiger partial charge < -0.3 is 15.0 Å². The molecule has 0 saturated carbocycles. The minimum Gasteiger partial charge on any atom is -0.462 e. The van der Waals surface area contributed by atoms with Crippen molar-refractivity contribution in [1.29, 1.82) is 0 Å². The van der Waals surface area contributed by atoms with Crippen molar-refractivity contribution in [2.24, 2.45) is 11.8 Å². The highest BCUT2D eigenvalue weighted by Gasteiger charge is 2.70. The number of fused-ring (bicyclic) bond motifs is 5. The molecule has 3 aliphatic heterocycles. The van der Waals surface area contributed by atoms with E-state index < -0.39 is 35.3 Å². The Bertz CT molecular complexity index is 1710. The smallest absolute Gasteiger partial charge is 0.338 e. The molecule has 200 valence electrons. The molecule has 9 nitrogen and oxygen atoms in total. The molecule has 2 fully saturated rings. The molecule has 40 heavy (non-hydrogen) atoms. The number of aromatic amines is 1. The monoisotopic (exact) mass is 534 g/mol. The van der Waals surface area contributed by atoms with Gasteiger partial charge in [0.05, 0.1) is 29.7 Å². The number of hydrogen-bond donors (Lipinski definition) is 3. The van der Waals surface area contributed by atoms with Gasteiger partial charge in [-0.25, -0.2) is 9.69 Å². The van der Waals surface area contributed by atoms with E-state index in [9.17, 15) is 19.2 Å². The van der Waals surface area contributed by atoms with Crippen molar-refractivity contribution in [3.63, 3.8) is 0 Å². The maximum atomic E-state index is 14.2. The minimum absolute atomic E-state index is 0.240. The summed E-state index contributed by atoms with van der Waals surface area (Å²) in [5.41, 5.74) is 2.55. The Balaban J connectivity index is 1.32. The van der Waals surface area contributed by atoms with Gasteiger partial charge in [0.15, 0.2) is 0 Å².